The monoisotopic (exact) mass is 480 g/mol. The van der Waals surface area contributed by atoms with Gasteiger partial charge >= 0.3 is 5.97 Å². The summed E-state index contributed by atoms with van der Waals surface area (Å²) in [6.45, 7) is 12.5. The summed E-state index contributed by atoms with van der Waals surface area (Å²) in [5.41, 5.74) is 0.789. The average molecular weight is 481 g/mol. The van der Waals surface area contributed by atoms with Crippen molar-refractivity contribution < 1.29 is 14.3 Å². The van der Waals surface area contributed by atoms with Crippen molar-refractivity contribution in [2.75, 3.05) is 46.5 Å². The Kier molecular flexibility index (Phi) is 10.8. The molecule has 3 aliphatic rings. The minimum absolute atomic E-state index is 0.0512. The van der Waals surface area contributed by atoms with E-state index in [1.54, 1.807) is 12.2 Å². The summed E-state index contributed by atoms with van der Waals surface area (Å²) in [7, 11) is 1.81. The first kappa shape index (κ1) is 27.4. The lowest BCUT2D eigenvalue weighted by molar-refractivity contribution is -0.163. The van der Waals surface area contributed by atoms with Crippen molar-refractivity contribution in [1.29, 1.82) is 0 Å². The number of esters is 1. The van der Waals surface area contributed by atoms with E-state index in [1.807, 2.05) is 49.6 Å². The number of carbonyl (C=O) groups is 1. The Morgan fingerprint density at radius 1 is 1.06 bits per heavy atom. The summed E-state index contributed by atoms with van der Waals surface area (Å²) >= 11 is 0. The number of piperidine rings is 1. The van der Waals surface area contributed by atoms with Crippen molar-refractivity contribution >= 4 is 5.97 Å². The van der Waals surface area contributed by atoms with Gasteiger partial charge in [-0.3, -0.25) is 4.79 Å². The molecule has 1 N–H and O–H groups in total. The van der Waals surface area contributed by atoms with E-state index < -0.39 is 0 Å². The molecule has 0 amide bonds. The van der Waals surface area contributed by atoms with E-state index in [0.717, 1.165) is 76.5 Å². The van der Waals surface area contributed by atoms with Gasteiger partial charge in [-0.2, -0.15) is 0 Å². The summed E-state index contributed by atoms with van der Waals surface area (Å²) in [4.78, 5) is 15.4. The Morgan fingerprint density at radius 2 is 1.69 bits per heavy atom. The second-order valence-corrected chi connectivity index (χ2v) is 10.4. The second kappa shape index (κ2) is 13.8. The van der Waals surface area contributed by atoms with Gasteiger partial charge in [0, 0.05) is 31.7 Å². The molecule has 1 heterocycles. The van der Waals surface area contributed by atoms with E-state index in [0.29, 0.717) is 0 Å². The SMILES string of the molecule is C=C/C=C(\C=C)COC(=O)C1(CN2CCC(CNC3CC3)(COC)CC2)CCC1.c1ccccc1. The molecule has 0 aromatic heterocycles. The number of hydrogen-bond donors (Lipinski definition) is 1. The van der Waals surface area contributed by atoms with Crippen LogP contribution in [0.3, 0.4) is 0 Å². The van der Waals surface area contributed by atoms with Crippen molar-refractivity contribution in [2.24, 2.45) is 10.8 Å². The lowest BCUT2D eigenvalue weighted by atomic mass is 9.67. The molecule has 5 nitrogen and oxygen atoms in total. The Bertz CT molecular complexity index is 793. The smallest absolute Gasteiger partial charge is 0.313 e. The van der Waals surface area contributed by atoms with Crippen molar-refractivity contribution in [1.82, 2.24) is 10.2 Å². The standard InChI is InChI=1S/C24H38N2O3.C6H6/c1-4-7-20(5-2)16-29-22(27)24(10-6-11-24)18-26-14-12-23(13-15-26,19-28-3)17-25-21-8-9-21;1-2-4-6-5-3-1/h4-5,7,21,25H,1-2,6,8-19H2,3H3;1-6H/b20-7+;. The maximum atomic E-state index is 12.9. The van der Waals surface area contributed by atoms with Crippen LogP contribution in [0.4, 0.5) is 0 Å². The normalized spacial score (nSPS) is 21.1. The lowest BCUT2D eigenvalue weighted by Crippen LogP contribution is -2.53. The number of allylic oxidation sites excluding steroid dienone is 2. The summed E-state index contributed by atoms with van der Waals surface area (Å²) < 4.78 is 11.2. The zero-order valence-electron chi connectivity index (χ0n) is 21.6. The Labute approximate surface area is 212 Å². The van der Waals surface area contributed by atoms with Crippen LogP contribution >= 0.6 is 0 Å². The number of carbonyl (C=O) groups excluding carboxylic acids is 1. The Morgan fingerprint density at radius 3 is 2.14 bits per heavy atom. The Hall–Kier alpha value is -2.21. The predicted octanol–water partition coefficient (Wildman–Crippen LogP) is 5.17. The topological polar surface area (TPSA) is 50.8 Å². The molecular weight excluding hydrogens is 436 g/mol. The summed E-state index contributed by atoms with van der Waals surface area (Å²) in [6.07, 6.45) is 13.1. The molecule has 2 aliphatic carbocycles. The van der Waals surface area contributed by atoms with Gasteiger partial charge in [-0.1, -0.05) is 74.2 Å². The molecule has 35 heavy (non-hydrogen) atoms. The fourth-order valence-electron chi connectivity index (χ4n) is 4.98. The highest BCUT2D eigenvalue weighted by Gasteiger charge is 2.48. The maximum absolute atomic E-state index is 12.9. The first-order valence-corrected chi connectivity index (χ1v) is 13.1. The molecule has 1 aromatic carbocycles. The fraction of sp³-hybridized carbons (Fsp3) is 0.567. The van der Waals surface area contributed by atoms with Gasteiger partial charge in [0.15, 0.2) is 0 Å². The third-order valence-electron chi connectivity index (χ3n) is 7.61. The van der Waals surface area contributed by atoms with Crippen LogP contribution < -0.4 is 5.32 Å². The summed E-state index contributed by atoms with van der Waals surface area (Å²) in [5.74, 6) is -0.0512. The number of likely N-dealkylation sites (tertiary alicyclic amines) is 1. The van der Waals surface area contributed by atoms with Crippen LogP contribution in [0.2, 0.25) is 0 Å². The van der Waals surface area contributed by atoms with Gasteiger partial charge in [0.25, 0.3) is 0 Å². The molecule has 5 heteroatoms. The number of ether oxygens (including phenoxy) is 2. The first-order chi connectivity index (χ1) is 17.0. The van der Waals surface area contributed by atoms with Gasteiger partial charge in [0.1, 0.15) is 6.61 Å². The van der Waals surface area contributed by atoms with Crippen molar-refractivity contribution in [3.8, 4) is 0 Å². The molecule has 192 valence electrons. The van der Waals surface area contributed by atoms with E-state index >= 15 is 0 Å². The molecule has 0 spiro atoms. The highest BCUT2D eigenvalue weighted by molar-refractivity contribution is 5.78. The Balaban J connectivity index is 0.000000497. The van der Waals surface area contributed by atoms with Crippen molar-refractivity contribution in [3.05, 3.63) is 73.4 Å². The van der Waals surface area contributed by atoms with Crippen LogP contribution in [0.1, 0.15) is 44.9 Å². The summed E-state index contributed by atoms with van der Waals surface area (Å²) in [6, 6.07) is 12.7. The molecule has 4 rings (SSSR count). The number of hydrogen-bond acceptors (Lipinski definition) is 5. The number of benzene rings is 1. The summed E-state index contributed by atoms with van der Waals surface area (Å²) in [5, 5.41) is 3.71. The zero-order valence-corrected chi connectivity index (χ0v) is 21.6. The van der Waals surface area contributed by atoms with Crippen molar-refractivity contribution in [2.45, 2.75) is 51.0 Å². The number of rotatable bonds is 12. The minimum atomic E-state index is -0.325. The second-order valence-electron chi connectivity index (χ2n) is 10.4. The van der Waals surface area contributed by atoms with Crippen LogP contribution in [0.15, 0.2) is 73.4 Å². The number of nitrogens with one attached hydrogen (secondary N) is 1. The van der Waals surface area contributed by atoms with E-state index in [4.69, 9.17) is 9.47 Å². The van der Waals surface area contributed by atoms with Crippen LogP contribution in [-0.2, 0) is 14.3 Å². The van der Waals surface area contributed by atoms with E-state index in [1.165, 1.54) is 12.8 Å². The minimum Gasteiger partial charge on any atom is -0.460 e. The van der Waals surface area contributed by atoms with Crippen LogP contribution in [0, 0.1) is 10.8 Å². The molecule has 1 aliphatic heterocycles. The highest BCUT2D eigenvalue weighted by atomic mass is 16.5. The first-order valence-electron chi connectivity index (χ1n) is 13.1. The van der Waals surface area contributed by atoms with Crippen molar-refractivity contribution in [3.63, 3.8) is 0 Å². The molecule has 0 atom stereocenters. The molecular formula is C30H44N2O3. The predicted molar refractivity (Wildman–Crippen MR) is 143 cm³/mol. The van der Waals surface area contributed by atoms with E-state index in [-0.39, 0.29) is 23.4 Å². The maximum Gasteiger partial charge on any atom is 0.313 e. The van der Waals surface area contributed by atoms with Gasteiger partial charge in [0.05, 0.1) is 12.0 Å². The third kappa shape index (κ3) is 8.45. The van der Waals surface area contributed by atoms with Crippen LogP contribution in [-0.4, -0.2) is 63.4 Å². The third-order valence-corrected chi connectivity index (χ3v) is 7.61. The fourth-order valence-corrected chi connectivity index (χ4v) is 4.98. The molecule has 2 saturated carbocycles. The van der Waals surface area contributed by atoms with E-state index in [9.17, 15) is 4.79 Å². The van der Waals surface area contributed by atoms with E-state index in [2.05, 4.69) is 23.4 Å². The average Bonchev–Trinajstić information content (AvgIpc) is 3.70. The molecule has 0 radical (unpaired) electrons. The van der Waals surface area contributed by atoms with Gasteiger partial charge in [-0.15, -0.1) is 0 Å². The lowest BCUT2D eigenvalue weighted by Gasteiger charge is -2.47. The van der Waals surface area contributed by atoms with Crippen LogP contribution in [0.25, 0.3) is 0 Å². The van der Waals surface area contributed by atoms with Gasteiger partial charge in [-0.05, 0) is 57.2 Å². The molecule has 0 bridgehead atoms. The largest absolute Gasteiger partial charge is 0.460 e. The number of methoxy groups -OCH3 is 1. The van der Waals surface area contributed by atoms with Gasteiger partial charge in [-0.25, -0.2) is 0 Å². The highest BCUT2D eigenvalue weighted by Crippen LogP contribution is 2.44. The van der Waals surface area contributed by atoms with Gasteiger partial charge < -0.3 is 19.7 Å². The zero-order chi connectivity index (χ0) is 25.0. The molecule has 0 unspecified atom stereocenters. The van der Waals surface area contributed by atoms with Crippen LogP contribution in [0.5, 0.6) is 0 Å². The molecule has 1 aromatic rings. The molecule has 1 saturated heterocycles. The number of nitrogens with zero attached hydrogens (tertiary/aromatic N) is 1. The quantitative estimate of drug-likeness (QED) is 0.331. The molecule has 3 fully saturated rings. The van der Waals surface area contributed by atoms with Gasteiger partial charge in [0.2, 0.25) is 0 Å².